The number of rotatable bonds is 5. The summed E-state index contributed by atoms with van der Waals surface area (Å²) in [4.78, 5) is 11.8. The molecule has 1 heterocycles. The maximum Gasteiger partial charge on any atom is 0.283 e. The van der Waals surface area contributed by atoms with Crippen LogP contribution in [0.3, 0.4) is 0 Å². The second-order valence-electron chi connectivity index (χ2n) is 4.31. The molecule has 5 nitrogen and oxygen atoms in total. The zero-order valence-electron chi connectivity index (χ0n) is 10.6. The normalized spacial score (nSPS) is 11.6. The molecule has 0 aromatic carbocycles. The molecule has 0 aliphatic rings. The third-order valence-electron chi connectivity index (χ3n) is 2.54. The number of aromatic nitrogens is 2. The highest BCUT2D eigenvalue weighted by atomic mass is 79.9. The van der Waals surface area contributed by atoms with Gasteiger partial charge in [-0.25, -0.2) is 4.68 Å². The van der Waals surface area contributed by atoms with E-state index in [4.69, 9.17) is 4.74 Å². The molecule has 17 heavy (non-hydrogen) atoms. The van der Waals surface area contributed by atoms with Crippen LogP contribution < -0.4 is 10.9 Å². The van der Waals surface area contributed by atoms with E-state index >= 15 is 0 Å². The Morgan fingerprint density at radius 1 is 1.59 bits per heavy atom. The van der Waals surface area contributed by atoms with Crippen molar-refractivity contribution in [1.29, 1.82) is 0 Å². The average Bonchev–Trinajstić information content (AvgIpc) is 2.31. The van der Waals surface area contributed by atoms with Crippen LogP contribution >= 0.6 is 15.9 Å². The fourth-order valence-corrected chi connectivity index (χ4v) is 1.64. The van der Waals surface area contributed by atoms with Gasteiger partial charge in [0.25, 0.3) is 5.56 Å². The number of nitrogens with one attached hydrogen (secondary N) is 1. The van der Waals surface area contributed by atoms with Crippen molar-refractivity contribution in [2.45, 2.75) is 32.9 Å². The van der Waals surface area contributed by atoms with Crippen LogP contribution in [0.15, 0.2) is 15.5 Å². The molecule has 0 saturated heterocycles. The lowest BCUT2D eigenvalue weighted by Crippen LogP contribution is -2.33. The molecule has 0 spiro atoms. The van der Waals surface area contributed by atoms with Gasteiger partial charge in [-0.05, 0) is 36.7 Å². The van der Waals surface area contributed by atoms with E-state index in [-0.39, 0.29) is 11.2 Å². The number of hydrogen-bond donors (Lipinski definition) is 1. The third kappa shape index (κ3) is 3.54. The van der Waals surface area contributed by atoms with E-state index in [0.29, 0.717) is 23.2 Å². The Morgan fingerprint density at radius 3 is 2.76 bits per heavy atom. The van der Waals surface area contributed by atoms with Crippen molar-refractivity contribution in [3.63, 3.8) is 0 Å². The first kappa shape index (κ1) is 14.2. The molecule has 0 unspecified atom stereocenters. The van der Waals surface area contributed by atoms with Gasteiger partial charge in [-0.2, -0.15) is 5.10 Å². The van der Waals surface area contributed by atoms with E-state index in [1.165, 1.54) is 4.68 Å². The second kappa shape index (κ2) is 5.64. The highest BCUT2D eigenvalue weighted by molar-refractivity contribution is 9.10. The van der Waals surface area contributed by atoms with E-state index in [2.05, 4.69) is 26.3 Å². The number of hydrogen-bond acceptors (Lipinski definition) is 4. The van der Waals surface area contributed by atoms with Crippen molar-refractivity contribution in [1.82, 2.24) is 9.78 Å². The van der Waals surface area contributed by atoms with E-state index in [1.54, 1.807) is 13.3 Å². The fourth-order valence-electron chi connectivity index (χ4n) is 1.19. The Bertz CT molecular complexity index is 443. The monoisotopic (exact) mass is 303 g/mol. The predicted molar refractivity (Wildman–Crippen MR) is 71.4 cm³/mol. The van der Waals surface area contributed by atoms with Crippen molar-refractivity contribution >= 4 is 21.6 Å². The Kier molecular flexibility index (Phi) is 4.70. The predicted octanol–water partition coefficient (Wildman–Crippen LogP) is 1.86. The van der Waals surface area contributed by atoms with Gasteiger partial charge in [-0.3, -0.25) is 4.79 Å². The van der Waals surface area contributed by atoms with Crippen LogP contribution in [0.2, 0.25) is 0 Å². The number of halogens is 1. The van der Waals surface area contributed by atoms with Crippen molar-refractivity contribution in [2.24, 2.45) is 0 Å². The van der Waals surface area contributed by atoms with E-state index < -0.39 is 0 Å². The minimum absolute atomic E-state index is 0.132. The molecule has 0 saturated carbocycles. The van der Waals surface area contributed by atoms with Gasteiger partial charge in [0.1, 0.15) is 4.47 Å². The van der Waals surface area contributed by atoms with Gasteiger partial charge < -0.3 is 10.1 Å². The fraction of sp³-hybridized carbons (Fsp3) is 0.636. The lowest BCUT2D eigenvalue weighted by molar-refractivity contribution is 0.0343. The molecular formula is C11H18BrN3O2. The number of aryl methyl sites for hydroxylation is 1. The third-order valence-corrected chi connectivity index (χ3v) is 3.31. The zero-order valence-corrected chi connectivity index (χ0v) is 12.2. The summed E-state index contributed by atoms with van der Waals surface area (Å²) in [5.41, 5.74) is 0.261. The molecule has 1 aromatic rings. The summed E-state index contributed by atoms with van der Waals surface area (Å²) in [5, 5.41) is 7.20. The van der Waals surface area contributed by atoms with Crippen LogP contribution in [0.25, 0.3) is 0 Å². The minimum Gasteiger partial charge on any atom is -0.380 e. The van der Waals surface area contributed by atoms with Crippen molar-refractivity contribution in [3.8, 4) is 0 Å². The van der Waals surface area contributed by atoms with Gasteiger partial charge in [-0.15, -0.1) is 0 Å². The highest BCUT2D eigenvalue weighted by Gasteiger charge is 2.17. The Hall–Kier alpha value is -0.880. The second-order valence-corrected chi connectivity index (χ2v) is 5.10. The molecule has 0 atom stereocenters. The molecule has 0 aliphatic carbocycles. The first-order valence-corrected chi connectivity index (χ1v) is 6.25. The van der Waals surface area contributed by atoms with Gasteiger partial charge in [0.2, 0.25) is 0 Å². The van der Waals surface area contributed by atoms with E-state index in [1.807, 2.05) is 20.8 Å². The largest absolute Gasteiger partial charge is 0.380 e. The van der Waals surface area contributed by atoms with Crippen molar-refractivity contribution < 1.29 is 4.74 Å². The summed E-state index contributed by atoms with van der Waals surface area (Å²) < 4.78 is 7.19. The molecule has 0 bridgehead atoms. The highest BCUT2D eigenvalue weighted by Crippen LogP contribution is 2.18. The quantitative estimate of drug-likeness (QED) is 0.902. The van der Waals surface area contributed by atoms with Gasteiger partial charge in [0, 0.05) is 20.2 Å². The van der Waals surface area contributed by atoms with Crippen LogP contribution in [0.4, 0.5) is 5.69 Å². The summed E-state index contributed by atoms with van der Waals surface area (Å²) in [6.45, 7) is 6.96. The smallest absolute Gasteiger partial charge is 0.283 e. The molecule has 1 N–H and O–H groups in total. The molecule has 0 fully saturated rings. The van der Waals surface area contributed by atoms with Crippen LogP contribution in [0, 0.1) is 0 Å². The molecule has 1 rings (SSSR count). The standard InChI is InChI=1S/C11H18BrN3O2/c1-5-15-10(16)9(12)8(6-14-15)13-7-11(2,3)17-4/h6,13H,5,7H2,1-4H3. The molecule has 0 radical (unpaired) electrons. The lowest BCUT2D eigenvalue weighted by Gasteiger charge is -2.24. The van der Waals surface area contributed by atoms with Crippen molar-refractivity contribution in [3.05, 3.63) is 21.0 Å². The Morgan fingerprint density at radius 2 is 2.24 bits per heavy atom. The topological polar surface area (TPSA) is 56.1 Å². The van der Waals surface area contributed by atoms with Crippen LogP contribution in [0.1, 0.15) is 20.8 Å². The van der Waals surface area contributed by atoms with Gasteiger partial charge in [-0.1, -0.05) is 0 Å². The van der Waals surface area contributed by atoms with E-state index in [0.717, 1.165) is 0 Å². The average molecular weight is 304 g/mol. The van der Waals surface area contributed by atoms with Crippen LogP contribution in [-0.4, -0.2) is 29.0 Å². The lowest BCUT2D eigenvalue weighted by atomic mass is 10.1. The van der Waals surface area contributed by atoms with Gasteiger partial charge in [0.15, 0.2) is 0 Å². The molecule has 1 aromatic heterocycles. The first-order valence-electron chi connectivity index (χ1n) is 5.46. The SMILES string of the molecule is CCn1ncc(NCC(C)(C)OC)c(Br)c1=O. The number of anilines is 1. The Balaban J connectivity index is 2.87. The molecule has 96 valence electrons. The first-order chi connectivity index (χ1) is 7.91. The minimum atomic E-state index is -0.293. The zero-order chi connectivity index (χ0) is 13.1. The number of methoxy groups -OCH3 is 1. The Labute approximate surface area is 109 Å². The summed E-state index contributed by atoms with van der Waals surface area (Å²) in [7, 11) is 1.66. The maximum absolute atomic E-state index is 11.8. The number of ether oxygens (including phenoxy) is 1. The summed E-state index contributed by atoms with van der Waals surface area (Å²) in [5.74, 6) is 0. The number of nitrogens with zero attached hydrogens (tertiary/aromatic N) is 2. The van der Waals surface area contributed by atoms with E-state index in [9.17, 15) is 4.79 Å². The van der Waals surface area contributed by atoms with Crippen LogP contribution in [0.5, 0.6) is 0 Å². The van der Waals surface area contributed by atoms with Crippen LogP contribution in [-0.2, 0) is 11.3 Å². The summed E-state index contributed by atoms with van der Waals surface area (Å²) in [6, 6.07) is 0. The molecule has 6 heteroatoms. The molecular weight excluding hydrogens is 286 g/mol. The van der Waals surface area contributed by atoms with Gasteiger partial charge in [0.05, 0.1) is 17.5 Å². The molecule has 0 aliphatic heterocycles. The van der Waals surface area contributed by atoms with Crippen molar-refractivity contribution in [2.75, 3.05) is 19.0 Å². The van der Waals surface area contributed by atoms with Gasteiger partial charge >= 0.3 is 0 Å². The summed E-state index contributed by atoms with van der Waals surface area (Å²) >= 11 is 3.28. The molecule has 0 amide bonds. The maximum atomic E-state index is 11.8. The summed E-state index contributed by atoms with van der Waals surface area (Å²) in [6.07, 6.45) is 1.64.